The summed E-state index contributed by atoms with van der Waals surface area (Å²) < 4.78 is 0. The summed E-state index contributed by atoms with van der Waals surface area (Å²) in [5, 5.41) is 8.91. The summed E-state index contributed by atoms with van der Waals surface area (Å²) >= 11 is 0. The normalized spacial score (nSPS) is 24.1. The molecule has 0 spiro atoms. The van der Waals surface area contributed by atoms with Crippen LogP contribution in [0.4, 0.5) is 5.95 Å². The number of anilines is 1. The van der Waals surface area contributed by atoms with Gasteiger partial charge >= 0.3 is 5.97 Å². The predicted molar refractivity (Wildman–Crippen MR) is 64.3 cm³/mol. The number of carboxylic acids is 1. The maximum atomic E-state index is 10.9. The Kier molecular flexibility index (Phi) is 3.00. The fourth-order valence-corrected chi connectivity index (χ4v) is 2.11. The second-order valence-electron chi connectivity index (χ2n) is 4.83. The Hall–Kier alpha value is -1.65. The summed E-state index contributed by atoms with van der Waals surface area (Å²) in [4.78, 5) is 21.4. The van der Waals surface area contributed by atoms with Crippen molar-refractivity contribution in [3.05, 3.63) is 17.5 Å². The third kappa shape index (κ3) is 2.23. The second-order valence-corrected chi connectivity index (χ2v) is 4.83. The molecule has 5 heteroatoms. The van der Waals surface area contributed by atoms with Gasteiger partial charge in [0.2, 0.25) is 5.95 Å². The van der Waals surface area contributed by atoms with E-state index in [1.165, 1.54) is 6.20 Å². The zero-order valence-corrected chi connectivity index (χ0v) is 10.3. The van der Waals surface area contributed by atoms with Gasteiger partial charge in [-0.15, -0.1) is 0 Å². The molecule has 0 amide bonds. The number of aromatic nitrogens is 2. The number of nitrogens with zero attached hydrogens (tertiary/aromatic N) is 3. The van der Waals surface area contributed by atoms with Crippen molar-refractivity contribution in [2.45, 2.75) is 20.8 Å². The Morgan fingerprint density at radius 3 is 2.47 bits per heavy atom. The smallest absolute Gasteiger partial charge is 0.339 e. The Bertz CT molecular complexity index is 437. The average molecular weight is 235 g/mol. The molecule has 2 rings (SSSR count). The van der Waals surface area contributed by atoms with Crippen molar-refractivity contribution in [3.63, 3.8) is 0 Å². The zero-order valence-electron chi connectivity index (χ0n) is 10.3. The molecule has 1 N–H and O–H groups in total. The molecule has 1 aromatic heterocycles. The average Bonchev–Trinajstić information content (AvgIpc) is 2.58. The first-order valence-corrected chi connectivity index (χ1v) is 5.81. The molecule has 1 aliphatic heterocycles. The van der Waals surface area contributed by atoms with E-state index in [4.69, 9.17) is 5.11 Å². The Balaban J connectivity index is 2.24. The van der Waals surface area contributed by atoms with Crippen molar-refractivity contribution < 1.29 is 9.90 Å². The van der Waals surface area contributed by atoms with Gasteiger partial charge in [0.25, 0.3) is 0 Å². The number of hydrogen-bond acceptors (Lipinski definition) is 4. The summed E-state index contributed by atoms with van der Waals surface area (Å²) in [5.41, 5.74) is 0.698. The lowest BCUT2D eigenvalue weighted by molar-refractivity contribution is 0.0695. The van der Waals surface area contributed by atoms with Crippen molar-refractivity contribution in [1.29, 1.82) is 0 Å². The van der Waals surface area contributed by atoms with Crippen LogP contribution in [0.1, 0.15) is 29.9 Å². The van der Waals surface area contributed by atoms with Crippen LogP contribution in [0.2, 0.25) is 0 Å². The molecule has 1 aliphatic rings. The van der Waals surface area contributed by atoms with Crippen molar-refractivity contribution >= 4 is 11.9 Å². The molecule has 0 bridgehead atoms. The molecule has 5 nitrogen and oxygen atoms in total. The quantitative estimate of drug-likeness (QED) is 0.843. The summed E-state index contributed by atoms with van der Waals surface area (Å²) in [5.74, 6) is 0.914. The zero-order chi connectivity index (χ0) is 12.6. The molecule has 0 radical (unpaired) electrons. The van der Waals surface area contributed by atoms with E-state index in [1.54, 1.807) is 6.92 Å². The Morgan fingerprint density at radius 2 is 2.00 bits per heavy atom. The molecule has 1 saturated heterocycles. The van der Waals surface area contributed by atoms with Gasteiger partial charge < -0.3 is 10.0 Å². The minimum atomic E-state index is -0.975. The Morgan fingerprint density at radius 1 is 1.41 bits per heavy atom. The lowest BCUT2D eigenvalue weighted by Gasteiger charge is -2.16. The van der Waals surface area contributed by atoms with Crippen LogP contribution in [0.3, 0.4) is 0 Å². The minimum absolute atomic E-state index is 0.175. The van der Waals surface area contributed by atoms with Crippen molar-refractivity contribution in [2.24, 2.45) is 11.8 Å². The maximum absolute atomic E-state index is 10.9. The molecule has 2 unspecified atom stereocenters. The fraction of sp³-hybridized carbons (Fsp3) is 0.583. The van der Waals surface area contributed by atoms with Gasteiger partial charge in [-0.2, -0.15) is 0 Å². The third-order valence-corrected chi connectivity index (χ3v) is 3.47. The maximum Gasteiger partial charge on any atom is 0.339 e. The predicted octanol–water partition coefficient (Wildman–Crippen LogP) is 1.58. The van der Waals surface area contributed by atoms with E-state index in [0.29, 0.717) is 23.5 Å². The first kappa shape index (κ1) is 11.8. The fourth-order valence-electron chi connectivity index (χ4n) is 2.11. The van der Waals surface area contributed by atoms with Crippen LogP contribution in [0.15, 0.2) is 6.20 Å². The number of carboxylic acid groups (broad SMARTS) is 1. The van der Waals surface area contributed by atoms with Crippen LogP contribution in [0, 0.1) is 18.8 Å². The largest absolute Gasteiger partial charge is 0.478 e. The summed E-state index contributed by atoms with van der Waals surface area (Å²) in [7, 11) is 0. The van der Waals surface area contributed by atoms with E-state index in [2.05, 4.69) is 28.7 Å². The van der Waals surface area contributed by atoms with Crippen LogP contribution in [0.5, 0.6) is 0 Å². The van der Waals surface area contributed by atoms with E-state index >= 15 is 0 Å². The van der Waals surface area contributed by atoms with Crippen molar-refractivity contribution in [2.75, 3.05) is 18.0 Å². The molecule has 2 heterocycles. The van der Waals surface area contributed by atoms with Crippen LogP contribution in [-0.2, 0) is 0 Å². The molecule has 1 aromatic rings. The molecule has 1 fully saturated rings. The molecular weight excluding hydrogens is 218 g/mol. The molecule has 17 heavy (non-hydrogen) atoms. The molecular formula is C12H17N3O2. The first-order valence-electron chi connectivity index (χ1n) is 5.81. The van der Waals surface area contributed by atoms with Gasteiger partial charge in [0, 0.05) is 19.3 Å². The topological polar surface area (TPSA) is 66.3 Å². The van der Waals surface area contributed by atoms with E-state index in [1.807, 2.05) is 0 Å². The molecule has 2 atom stereocenters. The van der Waals surface area contributed by atoms with E-state index in [-0.39, 0.29) is 5.56 Å². The molecule has 0 aliphatic carbocycles. The lowest BCUT2D eigenvalue weighted by atomic mass is 10.0. The number of rotatable bonds is 2. The lowest BCUT2D eigenvalue weighted by Crippen LogP contribution is -2.23. The van der Waals surface area contributed by atoms with Gasteiger partial charge in [-0.1, -0.05) is 13.8 Å². The Labute approximate surface area is 100 Å². The second kappa shape index (κ2) is 4.31. The summed E-state index contributed by atoms with van der Waals surface area (Å²) in [6.45, 7) is 8.00. The number of aryl methyl sites for hydroxylation is 1. The van der Waals surface area contributed by atoms with Crippen molar-refractivity contribution in [1.82, 2.24) is 9.97 Å². The van der Waals surface area contributed by atoms with E-state index < -0.39 is 5.97 Å². The highest BCUT2D eigenvalue weighted by atomic mass is 16.4. The highest BCUT2D eigenvalue weighted by Crippen LogP contribution is 2.25. The number of carbonyl (C=O) groups is 1. The molecule has 0 saturated carbocycles. The number of aromatic carboxylic acids is 1. The van der Waals surface area contributed by atoms with E-state index in [0.717, 1.165) is 13.1 Å². The van der Waals surface area contributed by atoms with E-state index in [9.17, 15) is 4.79 Å². The van der Waals surface area contributed by atoms with Crippen LogP contribution >= 0.6 is 0 Å². The highest BCUT2D eigenvalue weighted by molar-refractivity contribution is 5.88. The van der Waals surface area contributed by atoms with Crippen LogP contribution < -0.4 is 4.90 Å². The van der Waals surface area contributed by atoms with Gasteiger partial charge in [0.05, 0.1) is 11.3 Å². The van der Waals surface area contributed by atoms with Gasteiger partial charge in [0.15, 0.2) is 0 Å². The van der Waals surface area contributed by atoms with Crippen molar-refractivity contribution in [3.8, 4) is 0 Å². The van der Waals surface area contributed by atoms with Gasteiger partial charge in [0.1, 0.15) is 0 Å². The standard InChI is InChI=1S/C12H17N3O2/c1-7-5-15(6-8(7)2)12-13-4-10(11(16)17)9(3)14-12/h4,7-8H,5-6H2,1-3H3,(H,16,17). The molecule has 92 valence electrons. The monoisotopic (exact) mass is 235 g/mol. The minimum Gasteiger partial charge on any atom is -0.478 e. The summed E-state index contributed by atoms with van der Waals surface area (Å²) in [6, 6.07) is 0. The van der Waals surface area contributed by atoms with Gasteiger partial charge in [-0.3, -0.25) is 0 Å². The highest BCUT2D eigenvalue weighted by Gasteiger charge is 2.28. The van der Waals surface area contributed by atoms with Gasteiger partial charge in [-0.05, 0) is 18.8 Å². The van der Waals surface area contributed by atoms with Crippen LogP contribution in [-0.4, -0.2) is 34.1 Å². The molecule has 0 aromatic carbocycles. The first-order chi connectivity index (χ1) is 7.99. The SMILES string of the molecule is Cc1nc(N2CC(C)C(C)C2)ncc1C(=O)O. The third-order valence-electron chi connectivity index (χ3n) is 3.47. The van der Waals surface area contributed by atoms with Gasteiger partial charge in [-0.25, -0.2) is 14.8 Å². The van der Waals surface area contributed by atoms with Crippen LogP contribution in [0.25, 0.3) is 0 Å². The number of hydrogen-bond donors (Lipinski definition) is 1. The summed E-state index contributed by atoms with van der Waals surface area (Å²) in [6.07, 6.45) is 1.40.